The van der Waals surface area contributed by atoms with Gasteiger partial charge >= 0.3 is 12.1 Å². The number of hydrogen-bond acceptors (Lipinski definition) is 15. The SMILES string of the molecule is COc1cc2cc(c1Cl)N(C)C(=O)C[C@H](OC(=O)Nc1ccc(NC(=O)[C@H](CCCNC(N)=O)NC(=O)[C@@H](NC(=O)CCCCCN3C(=O)C=CC3=O)C(C)C)cc1F)[C@]1(C)O[C@H]1[C@H](C)[C@@H]1C[C@@](O)(NCO1)[C@H](OC)/C=C/C=C(\C)C2. The fraction of sp³-hybridized carbons (Fsp3) is 0.536. The summed E-state index contributed by atoms with van der Waals surface area (Å²) in [7, 11) is 4.47. The maximum atomic E-state index is 16.0. The van der Waals surface area contributed by atoms with E-state index in [0.717, 1.165) is 22.1 Å². The molecule has 25 heteroatoms. The van der Waals surface area contributed by atoms with Gasteiger partial charge in [0.25, 0.3) is 11.8 Å². The van der Waals surface area contributed by atoms with Crippen LogP contribution in [0.2, 0.25) is 5.02 Å². The Kier molecular flexibility index (Phi) is 22.0. The monoisotopic (exact) mass is 1150 g/mol. The Labute approximate surface area is 475 Å². The Morgan fingerprint density at radius 1 is 1.00 bits per heavy atom. The number of nitrogens with zero attached hydrogens (tertiary/aromatic N) is 2. The summed E-state index contributed by atoms with van der Waals surface area (Å²) in [6.45, 7) is 9.11. The van der Waals surface area contributed by atoms with Crippen molar-refractivity contribution in [3.63, 3.8) is 0 Å². The zero-order valence-corrected chi connectivity index (χ0v) is 47.6. The van der Waals surface area contributed by atoms with Crippen molar-refractivity contribution in [1.29, 1.82) is 0 Å². The minimum atomic E-state index is -1.56. The first kappa shape index (κ1) is 63.2. The number of ether oxygens (including phenoxy) is 5. The molecular weight excluding hydrogens is 1080 g/mol. The third-order valence-electron chi connectivity index (χ3n) is 14.8. The van der Waals surface area contributed by atoms with E-state index in [2.05, 4.69) is 31.9 Å². The summed E-state index contributed by atoms with van der Waals surface area (Å²) in [5.74, 6) is -4.74. The van der Waals surface area contributed by atoms with Crippen molar-refractivity contribution in [3.05, 3.63) is 82.7 Å². The lowest BCUT2D eigenvalue weighted by atomic mass is 9.83. The van der Waals surface area contributed by atoms with Crippen molar-refractivity contribution in [3.8, 4) is 5.75 Å². The lowest BCUT2D eigenvalue weighted by molar-refractivity contribution is -0.184. The highest BCUT2D eigenvalue weighted by Crippen LogP contribution is 2.49. The number of rotatable bonds is 20. The van der Waals surface area contributed by atoms with Gasteiger partial charge in [-0.1, -0.05) is 62.6 Å². The summed E-state index contributed by atoms with van der Waals surface area (Å²) >= 11 is 6.82. The molecule has 442 valence electrons. The molecule has 4 aliphatic rings. The number of methoxy groups -OCH3 is 2. The number of carbonyl (C=O) groups is 8. The molecule has 6 rings (SSSR count). The number of halogens is 2. The van der Waals surface area contributed by atoms with Crippen LogP contribution in [-0.2, 0) is 54.1 Å². The van der Waals surface area contributed by atoms with E-state index >= 15 is 4.39 Å². The number of hydrogen-bond donors (Lipinski definition) is 8. The van der Waals surface area contributed by atoms with Gasteiger partial charge in [0, 0.05) is 63.8 Å². The highest BCUT2D eigenvalue weighted by molar-refractivity contribution is 6.35. The Hall–Kier alpha value is -6.96. The van der Waals surface area contributed by atoms with Gasteiger partial charge in [0.15, 0.2) is 0 Å². The third-order valence-corrected chi connectivity index (χ3v) is 15.2. The summed E-state index contributed by atoms with van der Waals surface area (Å²) in [5.41, 5.74) is 3.94. The van der Waals surface area contributed by atoms with Crippen molar-refractivity contribution >= 4 is 76.2 Å². The fourth-order valence-corrected chi connectivity index (χ4v) is 10.4. The van der Waals surface area contributed by atoms with Crippen LogP contribution in [0.1, 0.15) is 91.5 Å². The van der Waals surface area contributed by atoms with Gasteiger partial charge in [-0.05, 0) is 87.8 Å². The van der Waals surface area contributed by atoms with Crippen LogP contribution in [0.5, 0.6) is 5.75 Å². The maximum absolute atomic E-state index is 16.0. The molecule has 9 atom stereocenters. The van der Waals surface area contributed by atoms with E-state index in [1.807, 2.05) is 19.9 Å². The number of unbranched alkanes of at least 4 members (excludes halogenated alkanes) is 2. The zero-order valence-electron chi connectivity index (χ0n) is 46.9. The van der Waals surface area contributed by atoms with Gasteiger partial charge in [-0.3, -0.25) is 44.3 Å². The average molecular weight is 1150 g/mol. The summed E-state index contributed by atoms with van der Waals surface area (Å²) < 4.78 is 45.8. The van der Waals surface area contributed by atoms with Gasteiger partial charge in [0.1, 0.15) is 52.2 Å². The topological polar surface area (TPSA) is 311 Å². The van der Waals surface area contributed by atoms with Crippen molar-refractivity contribution in [2.75, 3.05) is 56.6 Å². The van der Waals surface area contributed by atoms with Crippen LogP contribution in [-0.4, -0.2) is 146 Å². The molecule has 4 heterocycles. The molecule has 4 bridgehead atoms. The molecule has 0 spiro atoms. The normalized spacial score (nSPS) is 25.7. The molecule has 81 heavy (non-hydrogen) atoms. The maximum Gasteiger partial charge on any atom is 0.412 e. The first-order valence-corrected chi connectivity index (χ1v) is 27.3. The van der Waals surface area contributed by atoms with E-state index in [4.69, 9.17) is 41.0 Å². The highest BCUT2D eigenvalue weighted by atomic mass is 35.5. The third kappa shape index (κ3) is 16.6. The lowest BCUT2D eigenvalue weighted by Gasteiger charge is -2.42. The van der Waals surface area contributed by atoms with Crippen molar-refractivity contribution in [1.82, 2.24) is 26.2 Å². The van der Waals surface area contributed by atoms with Gasteiger partial charge in [0.05, 0.1) is 43.8 Å². The van der Waals surface area contributed by atoms with Gasteiger partial charge in [-0.2, -0.15) is 0 Å². The molecule has 23 nitrogen and oxygen atoms in total. The average Bonchev–Trinajstić information content (AvgIpc) is 4.20. The van der Waals surface area contributed by atoms with E-state index in [1.165, 1.54) is 50.5 Å². The van der Waals surface area contributed by atoms with Gasteiger partial charge in [0.2, 0.25) is 23.6 Å². The van der Waals surface area contributed by atoms with Crippen LogP contribution in [0, 0.1) is 17.7 Å². The van der Waals surface area contributed by atoms with E-state index < -0.39 is 108 Å². The molecule has 0 unspecified atom stereocenters. The van der Waals surface area contributed by atoms with Crippen LogP contribution in [0.4, 0.5) is 31.0 Å². The lowest BCUT2D eigenvalue weighted by Crippen LogP contribution is -2.61. The smallest absolute Gasteiger partial charge is 0.412 e. The molecule has 0 aliphatic carbocycles. The van der Waals surface area contributed by atoms with Gasteiger partial charge in [-0.15, -0.1) is 0 Å². The van der Waals surface area contributed by atoms with E-state index in [9.17, 15) is 43.5 Å². The molecule has 2 fully saturated rings. The Balaban J connectivity index is 1.15. The number of carbonyl (C=O) groups excluding carboxylic acids is 8. The Morgan fingerprint density at radius 2 is 1.73 bits per heavy atom. The van der Waals surface area contributed by atoms with Crippen molar-refractivity contribution in [2.45, 2.75) is 140 Å². The number of benzene rings is 2. The number of imide groups is 1. The fourth-order valence-electron chi connectivity index (χ4n) is 10.1. The standard InChI is InChI=1S/C56H75ClFN9O14/c1-31(2)49(65-44(68)17-10-9-11-23-67-45(69)20-21-46(67)70)52(73)63-38(15-13-22-60-53(59)74)51(72)62-35-18-19-37(36(58)27-35)64-54(75)80-43-28-47(71)66(6)39-25-34(26-40(77-7)48(39)57)24-32(3)14-12-16-42(78-8)56(76)29-41(79-30-61-56)33(4)50-55(43,5)81-50/h12,14,16,18-21,25-27,31,33,38,41-43,49-50,61,76H,9-11,13,15,17,22-24,28-30H2,1-8H3,(H,62,72)(H,63,73)(H,64,75)(H,65,68)(H3,59,60,74)/b16-12+,32-14+/t33-,38+,41+,42-,43+,49+,50+,55+,56+/m1/s1. The number of fused-ring (bicyclic) bond motifs is 5. The summed E-state index contributed by atoms with van der Waals surface area (Å²) in [4.78, 5) is 106. The second kappa shape index (κ2) is 28.2. The first-order chi connectivity index (χ1) is 38.4. The zero-order chi connectivity index (χ0) is 59.3. The first-order valence-electron chi connectivity index (χ1n) is 26.9. The van der Waals surface area contributed by atoms with E-state index in [-0.39, 0.29) is 73.7 Å². The summed E-state index contributed by atoms with van der Waals surface area (Å²) in [5, 5.41) is 27.9. The minimum absolute atomic E-state index is 0.0201. The Bertz CT molecular complexity index is 2760. The number of allylic oxidation sites excluding steroid dienone is 3. The largest absolute Gasteiger partial charge is 0.495 e. The molecule has 0 radical (unpaired) electrons. The van der Waals surface area contributed by atoms with Gasteiger partial charge in [-0.25, -0.2) is 14.0 Å². The number of aliphatic hydroxyl groups is 1. The van der Waals surface area contributed by atoms with Crippen molar-refractivity contribution in [2.24, 2.45) is 17.6 Å². The van der Waals surface area contributed by atoms with Crippen LogP contribution in [0.15, 0.2) is 66.3 Å². The second-order valence-corrected chi connectivity index (χ2v) is 21.6. The number of primary amides is 1. The number of epoxide rings is 1. The molecular formula is C56H75ClFN9O14. The molecule has 0 aromatic heterocycles. The molecule has 0 saturated carbocycles. The van der Waals surface area contributed by atoms with Crippen LogP contribution in [0.3, 0.4) is 0 Å². The Morgan fingerprint density at radius 3 is 2.40 bits per heavy atom. The molecule has 2 aromatic carbocycles. The molecule has 2 aromatic rings. The molecule has 9 N–H and O–H groups in total. The van der Waals surface area contributed by atoms with Crippen LogP contribution in [0.25, 0.3) is 0 Å². The van der Waals surface area contributed by atoms with Crippen LogP contribution < -0.4 is 47.3 Å². The quantitative estimate of drug-likeness (QED) is 0.0499. The van der Waals surface area contributed by atoms with Gasteiger partial charge < -0.3 is 60.7 Å². The molecule has 9 amide bonds. The summed E-state index contributed by atoms with van der Waals surface area (Å²) in [6.07, 6.45) is 5.03. The number of anilines is 3. The number of urea groups is 1. The summed E-state index contributed by atoms with van der Waals surface area (Å²) in [6, 6.07) is 3.80. The van der Waals surface area contributed by atoms with E-state index in [0.29, 0.717) is 37.1 Å². The minimum Gasteiger partial charge on any atom is -0.495 e. The predicted octanol–water partition coefficient (Wildman–Crippen LogP) is 4.85. The predicted molar refractivity (Wildman–Crippen MR) is 297 cm³/mol. The number of amides is 9. The highest BCUT2D eigenvalue weighted by Gasteiger charge is 2.64. The second-order valence-electron chi connectivity index (χ2n) is 21.2. The van der Waals surface area contributed by atoms with Crippen LogP contribution >= 0.6 is 11.6 Å². The molecule has 2 saturated heterocycles. The molecule has 4 aliphatic heterocycles. The van der Waals surface area contributed by atoms with Crippen molar-refractivity contribution < 1.29 is 71.5 Å². The van der Waals surface area contributed by atoms with E-state index in [1.54, 1.807) is 45.1 Å². The number of nitrogens with two attached hydrogens (primary N) is 1. The number of nitrogens with one attached hydrogen (secondary N) is 6.